The first-order valence-corrected chi connectivity index (χ1v) is 7.75. The Kier molecular flexibility index (Phi) is 3.83. The SMILES string of the molecule is O=C1CCN(C(=O)c2ccc3c(c2)NC(=O)CS3)CCN1. The van der Waals surface area contributed by atoms with Crippen molar-refractivity contribution in [2.75, 3.05) is 30.7 Å². The van der Waals surface area contributed by atoms with Gasteiger partial charge in [0.2, 0.25) is 11.8 Å². The van der Waals surface area contributed by atoms with Gasteiger partial charge in [-0.1, -0.05) is 0 Å². The molecule has 2 N–H and O–H groups in total. The lowest BCUT2D eigenvalue weighted by Crippen LogP contribution is -2.34. The van der Waals surface area contributed by atoms with Gasteiger partial charge in [0.15, 0.2) is 0 Å². The number of rotatable bonds is 1. The van der Waals surface area contributed by atoms with E-state index < -0.39 is 0 Å². The minimum atomic E-state index is -0.112. The third-order valence-corrected chi connectivity index (χ3v) is 4.53. The summed E-state index contributed by atoms with van der Waals surface area (Å²) in [6.45, 7) is 1.40. The first-order chi connectivity index (χ1) is 10.1. The second-order valence-corrected chi connectivity index (χ2v) is 5.96. The second kappa shape index (κ2) is 5.77. The van der Waals surface area contributed by atoms with Crippen LogP contribution in [0.3, 0.4) is 0 Å². The van der Waals surface area contributed by atoms with Crippen LogP contribution in [0.4, 0.5) is 5.69 Å². The van der Waals surface area contributed by atoms with Crippen molar-refractivity contribution >= 4 is 35.2 Å². The number of hydrogen-bond donors (Lipinski definition) is 2. The smallest absolute Gasteiger partial charge is 0.254 e. The van der Waals surface area contributed by atoms with E-state index in [1.807, 2.05) is 6.07 Å². The van der Waals surface area contributed by atoms with E-state index in [9.17, 15) is 14.4 Å². The molecule has 3 amide bonds. The van der Waals surface area contributed by atoms with Crippen LogP contribution in [-0.4, -0.2) is 48.0 Å². The van der Waals surface area contributed by atoms with Crippen LogP contribution >= 0.6 is 11.8 Å². The number of benzene rings is 1. The number of carbonyl (C=O) groups excluding carboxylic acids is 3. The summed E-state index contributed by atoms with van der Waals surface area (Å²) in [6.07, 6.45) is 0.323. The molecule has 1 aromatic carbocycles. The molecular formula is C14H15N3O3S. The molecule has 0 aromatic heterocycles. The van der Waals surface area contributed by atoms with E-state index in [1.165, 1.54) is 11.8 Å². The number of thioether (sulfide) groups is 1. The Morgan fingerprint density at radius 2 is 2.05 bits per heavy atom. The van der Waals surface area contributed by atoms with Crippen molar-refractivity contribution in [2.24, 2.45) is 0 Å². The molecule has 110 valence electrons. The molecule has 0 spiro atoms. The molecule has 7 heteroatoms. The molecule has 0 bridgehead atoms. The molecule has 6 nitrogen and oxygen atoms in total. The van der Waals surface area contributed by atoms with Crippen molar-refractivity contribution in [3.05, 3.63) is 23.8 Å². The van der Waals surface area contributed by atoms with Crippen LogP contribution in [0.5, 0.6) is 0 Å². The highest BCUT2D eigenvalue weighted by Gasteiger charge is 2.22. The van der Waals surface area contributed by atoms with Gasteiger partial charge in [0.1, 0.15) is 0 Å². The molecule has 21 heavy (non-hydrogen) atoms. The molecular weight excluding hydrogens is 290 g/mol. The Labute approximate surface area is 126 Å². The summed E-state index contributed by atoms with van der Waals surface area (Å²) in [5.74, 6) is 0.209. The highest BCUT2D eigenvalue weighted by atomic mass is 32.2. The molecule has 2 heterocycles. The number of anilines is 1. The quantitative estimate of drug-likeness (QED) is 0.800. The number of hydrogen-bond acceptors (Lipinski definition) is 4. The highest BCUT2D eigenvalue weighted by molar-refractivity contribution is 8.00. The van der Waals surface area contributed by atoms with Gasteiger partial charge in [0.05, 0.1) is 11.4 Å². The summed E-state index contributed by atoms with van der Waals surface area (Å²) in [4.78, 5) is 37.9. The van der Waals surface area contributed by atoms with Gasteiger partial charge in [0, 0.05) is 36.5 Å². The van der Waals surface area contributed by atoms with Crippen molar-refractivity contribution in [3.63, 3.8) is 0 Å². The monoisotopic (exact) mass is 305 g/mol. The van der Waals surface area contributed by atoms with Crippen molar-refractivity contribution in [3.8, 4) is 0 Å². The molecule has 1 saturated heterocycles. The first kappa shape index (κ1) is 13.9. The summed E-state index contributed by atoms with van der Waals surface area (Å²) in [5.41, 5.74) is 1.22. The van der Waals surface area contributed by atoms with E-state index in [0.717, 1.165) is 4.90 Å². The van der Waals surface area contributed by atoms with Gasteiger partial charge in [-0.2, -0.15) is 0 Å². The number of nitrogens with zero attached hydrogens (tertiary/aromatic N) is 1. The fourth-order valence-electron chi connectivity index (χ4n) is 2.37. The summed E-state index contributed by atoms with van der Waals surface area (Å²) >= 11 is 1.46. The second-order valence-electron chi connectivity index (χ2n) is 4.94. The van der Waals surface area contributed by atoms with Gasteiger partial charge < -0.3 is 15.5 Å². The topological polar surface area (TPSA) is 78.5 Å². The fraction of sp³-hybridized carbons (Fsp3) is 0.357. The van der Waals surface area contributed by atoms with E-state index in [0.29, 0.717) is 43.1 Å². The molecule has 0 atom stereocenters. The fourth-order valence-corrected chi connectivity index (χ4v) is 3.16. The Balaban J connectivity index is 1.80. The van der Waals surface area contributed by atoms with E-state index in [2.05, 4.69) is 10.6 Å². The van der Waals surface area contributed by atoms with Crippen molar-refractivity contribution in [1.82, 2.24) is 10.2 Å². The van der Waals surface area contributed by atoms with Crippen LogP contribution < -0.4 is 10.6 Å². The summed E-state index contributed by atoms with van der Waals surface area (Å²) in [5, 5.41) is 5.52. The Bertz CT molecular complexity index is 617. The average molecular weight is 305 g/mol. The van der Waals surface area contributed by atoms with Gasteiger partial charge in [-0.15, -0.1) is 11.8 Å². The number of carbonyl (C=O) groups is 3. The van der Waals surface area contributed by atoms with Crippen LogP contribution in [-0.2, 0) is 9.59 Å². The minimum Gasteiger partial charge on any atom is -0.354 e. The van der Waals surface area contributed by atoms with E-state index in [4.69, 9.17) is 0 Å². The largest absolute Gasteiger partial charge is 0.354 e. The predicted molar refractivity (Wildman–Crippen MR) is 79.3 cm³/mol. The summed E-state index contributed by atoms with van der Waals surface area (Å²) in [7, 11) is 0. The lowest BCUT2D eigenvalue weighted by Gasteiger charge is -2.21. The summed E-state index contributed by atoms with van der Waals surface area (Å²) in [6, 6.07) is 5.33. The molecule has 0 unspecified atom stereocenters. The molecule has 2 aliphatic heterocycles. The molecule has 0 aliphatic carbocycles. The molecule has 1 aromatic rings. The lowest BCUT2D eigenvalue weighted by atomic mass is 10.1. The number of fused-ring (bicyclic) bond motifs is 1. The zero-order valence-electron chi connectivity index (χ0n) is 11.3. The van der Waals surface area contributed by atoms with Gasteiger partial charge in [-0.05, 0) is 18.2 Å². The van der Waals surface area contributed by atoms with Crippen LogP contribution in [0.25, 0.3) is 0 Å². The van der Waals surface area contributed by atoms with Crippen molar-refractivity contribution in [1.29, 1.82) is 0 Å². The van der Waals surface area contributed by atoms with Crippen molar-refractivity contribution in [2.45, 2.75) is 11.3 Å². The maximum absolute atomic E-state index is 12.5. The summed E-state index contributed by atoms with van der Waals surface area (Å²) < 4.78 is 0. The number of amides is 3. The predicted octanol–water partition coefficient (Wildman–Crippen LogP) is 0.693. The standard InChI is InChI=1S/C14H15N3O3S/c18-12-3-5-17(6-4-15-12)14(20)9-1-2-11-10(7-9)16-13(19)8-21-11/h1-2,7H,3-6,8H2,(H,15,18)(H,16,19). The maximum Gasteiger partial charge on any atom is 0.254 e. The Hall–Kier alpha value is -2.02. The Morgan fingerprint density at radius 3 is 2.90 bits per heavy atom. The first-order valence-electron chi connectivity index (χ1n) is 6.76. The third kappa shape index (κ3) is 3.02. The normalized spacial score (nSPS) is 18.4. The van der Waals surface area contributed by atoms with E-state index in [-0.39, 0.29) is 17.7 Å². The average Bonchev–Trinajstić information content (AvgIpc) is 2.70. The molecule has 1 fully saturated rings. The maximum atomic E-state index is 12.5. The van der Waals surface area contributed by atoms with E-state index >= 15 is 0 Å². The van der Waals surface area contributed by atoms with E-state index in [1.54, 1.807) is 17.0 Å². The highest BCUT2D eigenvalue weighted by Crippen LogP contribution is 2.32. The van der Waals surface area contributed by atoms with Crippen LogP contribution in [0, 0.1) is 0 Å². The molecule has 3 rings (SSSR count). The van der Waals surface area contributed by atoms with Crippen LogP contribution in [0.1, 0.15) is 16.8 Å². The van der Waals surface area contributed by atoms with Gasteiger partial charge in [-0.25, -0.2) is 0 Å². The van der Waals surface area contributed by atoms with Crippen molar-refractivity contribution < 1.29 is 14.4 Å². The minimum absolute atomic E-state index is 0.0283. The van der Waals surface area contributed by atoms with Gasteiger partial charge in [0.25, 0.3) is 5.91 Å². The molecule has 0 radical (unpaired) electrons. The van der Waals surface area contributed by atoms with Crippen LogP contribution in [0.2, 0.25) is 0 Å². The molecule has 2 aliphatic rings. The van der Waals surface area contributed by atoms with Gasteiger partial charge >= 0.3 is 0 Å². The van der Waals surface area contributed by atoms with Gasteiger partial charge in [-0.3, -0.25) is 14.4 Å². The van der Waals surface area contributed by atoms with Crippen LogP contribution in [0.15, 0.2) is 23.1 Å². The molecule has 0 saturated carbocycles. The lowest BCUT2D eigenvalue weighted by molar-refractivity contribution is -0.120. The number of nitrogens with one attached hydrogen (secondary N) is 2. The third-order valence-electron chi connectivity index (χ3n) is 3.46. The zero-order valence-corrected chi connectivity index (χ0v) is 12.2. The zero-order chi connectivity index (χ0) is 14.8. The Morgan fingerprint density at radius 1 is 1.19 bits per heavy atom.